The highest BCUT2D eigenvalue weighted by Gasteiger charge is 2.03. The number of nitrogens with one attached hydrogen (secondary N) is 1. The molecule has 0 radical (unpaired) electrons. The van der Waals surface area contributed by atoms with Gasteiger partial charge in [0, 0.05) is 5.02 Å². The van der Waals surface area contributed by atoms with Crippen molar-refractivity contribution in [2.75, 3.05) is 7.05 Å². The van der Waals surface area contributed by atoms with Crippen molar-refractivity contribution in [1.82, 2.24) is 20.1 Å². The van der Waals surface area contributed by atoms with Gasteiger partial charge < -0.3 is 5.32 Å². The molecule has 0 aliphatic heterocycles. The van der Waals surface area contributed by atoms with Crippen molar-refractivity contribution >= 4 is 11.6 Å². The predicted molar refractivity (Wildman–Crippen MR) is 63.3 cm³/mol. The third-order valence-corrected chi connectivity index (χ3v) is 2.58. The van der Waals surface area contributed by atoms with E-state index in [2.05, 4.69) is 15.4 Å². The Balaban J connectivity index is 2.11. The Labute approximate surface area is 99.3 Å². The second-order valence-electron chi connectivity index (χ2n) is 3.48. The lowest BCUT2D eigenvalue weighted by molar-refractivity contribution is 0.659. The minimum atomic E-state index is 0.649. The van der Waals surface area contributed by atoms with Crippen LogP contribution in [0.1, 0.15) is 11.4 Å². The molecule has 16 heavy (non-hydrogen) atoms. The molecule has 0 bridgehead atoms. The van der Waals surface area contributed by atoms with Gasteiger partial charge in [-0.1, -0.05) is 29.8 Å². The first kappa shape index (κ1) is 11.1. The molecule has 84 valence electrons. The molecular formula is C11H13ClN4. The van der Waals surface area contributed by atoms with E-state index < -0.39 is 0 Å². The second kappa shape index (κ2) is 5.09. The van der Waals surface area contributed by atoms with Crippen molar-refractivity contribution in [3.63, 3.8) is 0 Å². The van der Waals surface area contributed by atoms with Gasteiger partial charge in [-0.3, -0.25) is 0 Å². The molecular weight excluding hydrogens is 224 g/mol. The van der Waals surface area contributed by atoms with Crippen molar-refractivity contribution in [3.8, 4) is 0 Å². The number of hydrogen-bond donors (Lipinski definition) is 1. The van der Waals surface area contributed by atoms with E-state index in [0.29, 0.717) is 13.1 Å². The van der Waals surface area contributed by atoms with Crippen LogP contribution in [-0.4, -0.2) is 21.8 Å². The SMILES string of the molecule is CNCc1ncn(Cc2ccccc2Cl)n1. The van der Waals surface area contributed by atoms with Gasteiger partial charge in [0.2, 0.25) is 0 Å². The molecule has 0 amide bonds. The number of benzene rings is 1. The Morgan fingerprint density at radius 2 is 2.19 bits per heavy atom. The smallest absolute Gasteiger partial charge is 0.164 e. The van der Waals surface area contributed by atoms with E-state index in [0.717, 1.165) is 16.4 Å². The molecule has 1 N–H and O–H groups in total. The molecule has 0 fully saturated rings. The molecule has 0 spiro atoms. The van der Waals surface area contributed by atoms with Crippen molar-refractivity contribution in [2.24, 2.45) is 0 Å². The highest BCUT2D eigenvalue weighted by Crippen LogP contribution is 2.15. The molecule has 1 aromatic carbocycles. The van der Waals surface area contributed by atoms with Crippen LogP contribution in [0.5, 0.6) is 0 Å². The average Bonchev–Trinajstić information content (AvgIpc) is 2.70. The molecule has 0 aliphatic carbocycles. The quantitative estimate of drug-likeness (QED) is 0.879. The zero-order valence-electron chi connectivity index (χ0n) is 9.02. The first-order valence-corrected chi connectivity index (χ1v) is 5.43. The molecule has 0 saturated carbocycles. The molecule has 2 aromatic rings. The fourth-order valence-electron chi connectivity index (χ4n) is 1.45. The largest absolute Gasteiger partial charge is 0.313 e. The molecule has 1 aromatic heterocycles. The third-order valence-electron chi connectivity index (χ3n) is 2.21. The summed E-state index contributed by atoms with van der Waals surface area (Å²) in [6.45, 7) is 1.33. The van der Waals surface area contributed by atoms with Crippen molar-refractivity contribution in [2.45, 2.75) is 13.1 Å². The lowest BCUT2D eigenvalue weighted by Gasteiger charge is -2.02. The van der Waals surface area contributed by atoms with Gasteiger partial charge in [0.25, 0.3) is 0 Å². The van der Waals surface area contributed by atoms with Crippen molar-refractivity contribution < 1.29 is 0 Å². The zero-order chi connectivity index (χ0) is 11.4. The van der Waals surface area contributed by atoms with Crippen LogP contribution in [0.4, 0.5) is 0 Å². The standard InChI is InChI=1S/C11H13ClN4/c1-13-6-11-14-8-16(15-11)7-9-4-2-3-5-10(9)12/h2-5,8,13H,6-7H2,1H3. The summed E-state index contributed by atoms with van der Waals surface area (Å²) in [4.78, 5) is 4.18. The summed E-state index contributed by atoms with van der Waals surface area (Å²) < 4.78 is 1.79. The zero-order valence-corrected chi connectivity index (χ0v) is 9.78. The Bertz CT molecular complexity index is 467. The van der Waals surface area contributed by atoms with Gasteiger partial charge in [0.05, 0.1) is 13.1 Å². The Kier molecular flexibility index (Phi) is 3.54. The van der Waals surface area contributed by atoms with Crippen LogP contribution in [0, 0.1) is 0 Å². The average molecular weight is 237 g/mol. The molecule has 4 nitrogen and oxygen atoms in total. The highest BCUT2D eigenvalue weighted by molar-refractivity contribution is 6.31. The van der Waals surface area contributed by atoms with E-state index in [1.165, 1.54) is 0 Å². The van der Waals surface area contributed by atoms with Crippen molar-refractivity contribution in [3.05, 3.63) is 47.0 Å². The van der Waals surface area contributed by atoms with Crippen LogP contribution < -0.4 is 5.32 Å². The highest BCUT2D eigenvalue weighted by atomic mass is 35.5. The van der Waals surface area contributed by atoms with E-state index in [1.807, 2.05) is 31.3 Å². The number of hydrogen-bond acceptors (Lipinski definition) is 3. The molecule has 0 saturated heterocycles. The van der Waals surface area contributed by atoms with Gasteiger partial charge in [-0.15, -0.1) is 0 Å². The number of rotatable bonds is 4. The molecule has 0 aliphatic rings. The van der Waals surface area contributed by atoms with Crippen molar-refractivity contribution in [1.29, 1.82) is 0 Å². The number of nitrogens with zero attached hydrogens (tertiary/aromatic N) is 3. The van der Waals surface area contributed by atoms with Crippen LogP contribution in [0.25, 0.3) is 0 Å². The van der Waals surface area contributed by atoms with E-state index in [4.69, 9.17) is 11.6 Å². The Hall–Kier alpha value is -1.39. The van der Waals surface area contributed by atoms with Crippen LogP contribution in [0.3, 0.4) is 0 Å². The fraction of sp³-hybridized carbons (Fsp3) is 0.273. The summed E-state index contributed by atoms with van der Waals surface area (Å²) in [5, 5.41) is 8.09. The lowest BCUT2D eigenvalue weighted by Crippen LogP contribution is -2.08. The van der Waals surface area contributed by atoms with E-state index in [9.17, 15) is 0 Å². The maximum atomic E-state index is 6.07. The summed E-state index contributed by atoms with van der Waals surface area (Å²) in [5.74, 6) is 0.787. The summed E-state index contributed by atoms with van der Waals surface area (Å²) in [7, 11) is 1.87. The molecule has 2 rings (SSSR count). The predicted octanol–water partition coefficient (Wildman–Crippen LogP) is 1.70. The summed E-state index contributed by atoms with van der Waals surface area (Å²) in [5.41, 5.74) is 1.05. The van der Waals surface area contributed by atoms with Gasteiger partial charge in [0.1, 0.15) is 6.33 Å². The maximum absolute atomic E-state index is 6.07. The van der Waals surface area contributed by atoms with Gasteiger partial charge >= 0.3 is 0 Å². The monoisotopic (exact) mass is 236 g/mol. The first-order valence-electron chi connectivity index (χ1n) is 5.06. The van der Waals surface area contributed by atoms with E-state index >= 15 is 0 Å². The summed E-state index contributed by atoms with van der Waals surface area (Å²) >= 11 is 6.07. The van der Waals surface area contributed by atoms with Crippen LogP contribution >= 0.6 is 11.6 Å². The van der Waals surface area contributed by atoms with Gasteiger partial charge in [-0.2, -0.15) is 5.10 Å². The van der Waals surface area contributed by atoms with Gasteiger partial charge in [-0.25, -0.2) is 9.67 Å². The Morgan fingerprint density at radius 1 is 1.38 bits per heavy atom. The summed E-state index contributed by atoms with van der Waals surface area (Å²) in [6, 6.07) is 7.75. The van der Waals surface area contributed by atoms with Gasteiger partial charge in [-0.05, 0) is 18.7 Å². The first-order chi connectivity index (χ1) is 7.79. The lowest BCUT2D eigenvalue weighted by atomic mass is 10.2. The molecule has 5 heteroatoms. The third kappa shape index (κ3) is 2.59. The van der Waals surface area contributed by atoms with Crippen LogP contribution in [0.2, 0.25) is 5.02 Å². The topological polar surface area (TPSA) is 42.7 Å². The van der Waals surface area contributed by atoms with Crippen LogP contribution in [0.15, 0.2) is 30.6 Å². The molecule has 0 unspecified atom stereocenters. The minimum Gasteiger partial charge on any atom is -0.313 e. The molecule has 1 heterocycles. The maximum Gasteiger partial charge on any atom is 0.164 e. The van der Waals surface area contributed by atoms with Gasteiger partial charge in [0.15, 0.2) is 5.82 Å². The number of halogens is 1. The second-order valence-corrected chi connectivity index (χ2v) is 3.89. The van der Waals surface area contributed by atoms with E-state index in [1.54, 1.807) is 11.0 Å². The fourth-order valence-corrected chi connectivity index (χ4v) is 1.65. The Morgan fingerprint density at radius 3 is 2.94 bits per heavy atom. The number of aromatic nitrogens is 3. The minimum absolute atomic E-state index is 0.649. The normalized spacial score (nSPS) is 10.6. The van der Waals surface area contributed by atoms with E-state index in [-0.39, 0.29) is 0 Å². The molecule has 0 atom stereocenters. The summed E-state index contributed by atoms with van der Waals surface area (Å²) in [6.07, 6.45) is 1.72. The van der Waals surface area contributed by atoms with Crippen LogP contribution in [-0.2, 0) is 13.1 Å².